The Bertz CT molecular complexity index is 1080. The molecule has 1 amide bonds. The Balaban J connectivity index is 1.65. The molecule has 3 aromatic rings. The number of ketones is 1. The fraction of sp³-hybridized carbons (Fsp3) is 0.182. The molecule has 0 saturated heterocycles. The van der Waals surface area contributed by atoms with Crippen LogP contribution in [0, 0.1) is 0 Å². The van der Waals surface area contributed by atoms with Gasteiger partial charge in [0.15, 0.2) is 11.4 Å². The van der Waals surface area contributed by atoms with Crippen molar-refractivity contribution in [3.63, 3.8) is 0 Å². The van der Waals surface area contributed by atoms with Crippen LogP contribution in [0.5, 0.6) is 0 Å². The number of nitrogens with zero attached hydrogens (tertiary/aromatic N) is 1. The van der Waals surface area contributed by atoms with Gasteiger partial charge in [-0.2, -0.15) is 0 Å². The molecule has 1 aliphatic rings. The van der Waals surface area contributed by atoms with Gasteiger partial charge in [0, 0.05) is 17.1 Å². The average Bonchev–Trinajstić information content (AvgIpc) is 3.23. The summed E-state index contributed by atoms with van der Waals surface area (Å²) < 4.78 is 0.818. The van der Waals surface area contributed by atoms with Gasteiger partial charge in [0.05, 0.1) is 20.8 Å². The average molecular weight is 491 g/mol. The van der Waals surface area contributed by atoms with Crippen LogP contribution < -0.4 is 4.90 Å². The van der Waals surface area contributed by atoms with E-state index in [0.29, 0.717) is 34.1 Å². The molecule has 1 atom stereocenters. The van der Waals surface area contributed by atoms with Crippen molar-refractivity contribution in [3.8, 4) is 0 Å². The highest BCUT2D eigenvalue weighted by atomic mass is 79.9. The monoisotopic (exact) mass is 489 g/mol. The number of amides is 1. The molecule has 0 radical (unpaired) electrons. The number of aliphatic hydroxyl groups is 1. The first-order chi connectivity index (χ1) is 13.9. The maximum absolute atomic E-state index is 13.3. The summed E-state index contributed by atoms with van der Waals surface area (Å²) in [5.41, 5.74) is 0.139. The van der Waals surface area contributed by atoms with Crippen molar-refractivity contribution >= 4 is 56.2 Å². The van der Waals surface area contributed by atoms with Crippen molar-refractivity contribution in [1.82, 2.24) is 0 Å². The molecule has 0 spiro atoms. The lowest BCUT2D eigenvalue weighted by atomic mass is 9.89. The van der Waals surface area contributed by atoms with E-state index < -0.39 is 11.5 Å². The summed E-state index contributed by atoms with van der Waals surface area (Å²) in [7, 11) is 0. The van der Waals surface area contributed by atoms with Crippen LogP contribution >= 0.6 is 38.9 Å². The van der Waals surface area contributed by atoms with Crippen LogP contribution in [0.4, 0.5) is 5.69 Å². The minimum Gasteiger partial charge on any atom is -0.375 e. The zero-order chi connectivity index (χ0) is 20.6. The topological polar surface area (TPSA) is 57.6 Å². The summed E-state index contributed by atoms with van der Waals surface area (Å²) >= 11 is 10.8. The third-order valence-corrected chi connectivity index (χ3v) is 6.93. The molecule has 1 aromatic heterocycles. The first kappa shape index (κ1) is 20.3. The van der Waals surface area contributed by atoms with Gasteiger partial charge in [-0.15, -0.1) is 11.3 Å². The highest BCUT2D eigenvalue weighted by Gasteiger charge is 2.51. The van der Waals surface area contributed by atoms with Crippen molar-refractivity contribution < 1.29 is 14.7 Å². The lowest BCUT2D eigenvalue weighted by Crippen LogP contribution is -2.42. The van der Waals surface area contributed by atoms with E-state index >= 15 is 0 Å². The van der Waals surface area contributed by atoms with Crippen LogP contribution in [0.25, 0.3) is 0 Å². The Labute approximate surface area is 185 Å². The predicted octanol–water partition coefficient (Wildman–Crippen LogP) is 5.21. The number of hydrogen-bond acceptors (Lipinski definition) is 4. The van der Waals surface area contributed by atoms with Crippen LogP contribution in [-0.2, 0) is 16.8 Å². The van der Waals surface area contributed by atoms with E-state index in [-0.39, 0.29) is 12.2 Å². The van der Waals surface area contributed by atoms with Crippen LogP contribution in [0.3, 0.4) is 0 Å². The van der Waals surface area contributed by atoms with E-state index in [1.165, 1.54) is 11.3 Å². The van der Waals surface area contributed by atoms with Gasteiger partial charge in [-0.1, -0.05) is 41.9 Å². The molecule has 0 saturated carbocycles. The van der Waals surface area contributed by atoms with E-state index in [0.717, 1.165) is 9.35 Å². The number of thiophene rings is 1. The quantitative estimate of drug-likeness (QED) is 0.482. The van der Waals surface area contributed by atoms with Crippen LogP contribution in [0.2, 0.25) is 5.02 Å². The minimum atomic E-state index is -1.93. The normalized spacial score (nSPS) is 18.2. The number of fused-ring (bicyclic) bond motifs is 1. The summed E-state index contributed by atoms with van der Waals surface area (Å²) in [5.74, 6) is -0.776. The number of benzene rings is 2. The summed E-state index contributed by atoms with van der Waals surface area (Å²) in [6.07, 6.45) is 0.310. The molecular weight excluding hydrogens is 474 g/mol. The zero-order valence-corrected chi connectivity index (χ0v) is 18.4. The van der Waals surface area contributed by atoms with Gasteiger partial charge in [0.25, 0.3) is 5.91 Å². The fourth-order valence-corrected chi connectivity index (χ4v) is 5.08. The van der Waals surface area contributed by atoms with Gasteiger partial charge < -0.3 is 10.0 Å². The lowest BCUT2D eigenvalue weighted by molar-refractivity contribution is -0.135. The first-order valence-electron chi connectivity index (χ1n) is 9.05. The van der Waals surface area contributed by atoms with Crippen LogP contribution in [0.15, 0.2) is 64.5 Å². The Morgan fingerprint density at radius 1 is 1.14 bits per heavy atom. The highest BCUT2D eigenvalue weighted by molar-refractivity contribution is 9.11. The number of carbonyl (C=O) groups excluding carboxylic acids is 2. The molecule has 4 rings (SSSR count). The van der Waals surface area contributed by atoms with Crippen molar-refractivity contribution in [2.75, 3.05) is 11.4 Å². The van der Waals surface area contributed by atoms with Crippen molar-refractivity contribution in [2.45, 2.75) is 18.4 Å². The van der Waals surface area contributed by atoms with E-state index in [2.05, 4.69) is 15.9 Å². The van der Waals surface area contributed by atoms with E-state index in [1.54, 1.807) is 35.2 Å². The Morgan fingerprint density at radius 3 is 2.59 bits per heavy atom. The number of hydrogen-bond donors (Lipinski definition) is 1. The van der Waals surface area contributed by atoms with Crippen LogP contribution in [0.1, 0.15) is 27.2 Å². The molecule has 1 aliphatic heterocycles. The number of halogens is 2. The number of rotatable bonds is 6. The maximum Gasteiger partial charge on any atom is 0.264 e. The second-order valence-electron chi connectivity index (χ2n) is 6.92. The van der Waals surface area contributed by atoms with Gasteiger partial charge in [0.2, 0.25) is 0 Å². The number of Topliss-reactive ketones (excluding diaryl/α,β-unsaturated/α-hetero) is 1. The molecule has 29 heavy (non-hydrogen) atoms. The molecule has 0 fully saturated rings. The summed E-state index contributed by atoms with van der Waals surface area (Å²) in [6, 6.07) is 18.3. The maximum atomic E-state index is 13.3. The molecule has 0 bridgehead atoms. The van der Waals surface area contributed by atoms with E-state index in [4.69, 9.17) is 11.6 Å². The van der Waals surface area contributed by atoms with E-state index in [1.807, 2.05) is 30.3 Å². The largest absolute Gasteiger partial charge is 0.375 e. The predicted molar refractivity (Wildman–Crippen MR) is 119 cm³/mol. The second kappa shape index (κ2) is 8.03. The van der Waals surface area contributed by atoms with Crippen LogP contribution in [-0.4, -0.2) is 23.3 Å². The summed E-state index contributed by atoms with van der Waals surface area (Å²) in [4.78, 5) is 28.1. The summed E-state index contributed by atoms with van der Waals surface area (Å²) in [6.45, 7) is 0.401. The standard InChI is InChI=1S/C22H17BrClNO3S/c23-20-9-8-19(29-20)18(26)13-22(28)16-12-15(24)6-7-17(16)25(21(22)27)11-10-14-4-2-1-3-5-14/h1-9,12,28H,10-11,13H2. The second-order valence-corrected chi connectivity index (χ2v) is 9.82. The molecule has 0 aliphatic carbocycles. The van der Waals surface area contributed by atoms with E-state index in [9.17, 15) is 14.7 Å². The fourth-order valence-electron chi connectivity index (χ4n) is 3.58. The highest BCUT2D eigenvalue weighted by Crippen LogP contribution is 2.44. The van der Waals surface area contributed by atoms with Crippen molar-refractivity contribution in [3.05, 3.63) is 85.5 Å². The zero-order valence-electron chi connectivity index (χ0n) is 15.3. The molecule has 7 heteroatoms. The molecule has 1 N–H and O–H groups in total. The third-order valence-electron chi connectivity index (χ3n) is 5.03. The van der Waals surface area contributed by atoms with Gasteiger partial charge in [-0.3, -0.25) is 9.59 Å². The molecule has 4 nitrogen and oxygen atoms in total. The van der Waals surface area contributed by atoms with Crippen molar-refractivity contribution in [1.29, 1.82) is 0 Å². The Morgan fingerprint density at radius 2 is 1.90 bits per heavy atom. The number of carbonyl (C=O) groups is 2. The van der Waals surface area contributed by atoms with Gasteiger partial charge in [-0.25, -0.2) is 0 Å². The number of anilines is 1. The molecular formula is C22H17BrClNO3S. The van der Waals surface area contributed by atoms with Gasteiger partial charge in [-0.05, 0) is 58.2 Å². The first-order valence-corrected chi connectivity index (χ1v) is 11.0. The minimum absolute atomic E-state index is 0.285. The lowest BCUT2D eigenvalue weighted by Gasteiger charge is -2.22. The SMILES string of the molecule is O=C(CC1(O)C(=O)N(CCc2ccccc2)c2ccc(Cl)cc21)c1ccc(Br)s1. The molecule has 2 aromatic carbocycles. The van der Waals surface area contributed by atoms with Crippen molar-refractivity contribution in [2.24, 2.45) is 0 Å². The van der Waals surface area contributed by atoms with Gasteiger partial charge >= 0.3 is 0 Å². The molecule has 148 valence electrons. The summed E-state index contributed by atoms with van der Waals surface area (Å²) in [5, 5.41) is 11.8. The molecule has 2 heterocycles. The molecule has 1 unspecified atom stereocenters. The Kier molecular flexibility index (Phi) is 5.62. The van der Waals surface area contributed by atoms with Gasteiger partial charge in [0.1, 0.15) is 0 Å². The third kappa shape index (κ3) is 3.90. The Hall–Kier alpha value is -1.99. The smallest absolute Gasteiger partial charge is 0.264 e.